The molecule has 1 aromatic heterocycles. The first-order chi connectivity index (χ1) is 18.2. The van der Waals surface area contributed by atoms with Gasteiger partial charge in [-0.3, -0.25) is 9.59 Å². The van der Waals surface area contributed by atoms with Gasteiger partial charge >= 0.3 is 6.18 Å². The van der Waals surface area contributed by atoms with E-state index in [0.717, 1.165) is 29.8 Å². The van der Waals surface area contributed by atoms with Crippen molar-refractivity contribution in [2.24, 2.45) is 0 Å². The molecule has 0 bridgehead atoms. The van der Waals surface area contributed by atoms with Gasteiger partial charge in [-0.2, -0.15) is 17.9 Å². The highest BCUT2D eigenvalue weighted by atomic mass is 35.5. The lowest BCUT2D eigenvalue weighted by atomic mass is 10.0. The van der Waals surface area contributed by atoms with Crippen LogP contribution in [0, 0.1) is 0 Å². The summed E-state index contributed by atoms with van der Waals surface area (Å²) in [6.45, 7) is 0. The van der Waals surface area contributed by atoms with E-state index in [0.29, 0.717) is 16.3 Å². The molecule has 2 amide bonds. The maximum absolute atomic E-state index is 13.0. The Morgan fingerprint density at radius 1 is 1.03 bits per heavy atom. The van der Waals surface area contributed by atoms with E-state index < -0.39 is 29.6 Å². The predicted molar refractivity (Wildman–Crippen MR) is 135 cm³/mol. The quantitative estimate of drug-likeness (QED) is 0.315. The Bertz CT molecular complexity index is 1430. The lowest BCUT2D eigenvalue weighted by Crippen LogP contribution is -2.44. The van der Waals surface area contributed by atoms with Crippen LogP contribution in [-0.4, -0.2) is 38.1 Å². The first-order valence-electron chi connectivity index (χ1n) is 11.2. The van der Waals surface area contributed by atoms with E-state index in [1.165, 1.54) is 23.2 Å². The van der Waals surface area contributed by atoms with E-state index in [9.17, 15) is 22.8 Å². The Hall–Kier alpha value is -4.51. The molecule has 0 spiro atoms. The fourth-order valence-corrected chi connectivity index (χ4v) is 3.74. The summed E-state index contributed by atoms with van der Waals surface area (Å²) in [5, 5.41) is 16.7. The van der Waals surface area contributed by atoms with Crippen molar-refractivity contribution in [3.63, 3.8) is 0 Å². The Kier molecular flexibility index (Phi) is 8.17. The number of benzene rings is 3. The molecule has 0 aliphatic rings. The van der Waals surface area contributed by atoms with Gasteiger partial charge in [0.2, 0.25) is 11.8 Å². The van der Waals surface area contributed by atoms with Crippen LogP contribution in [0.4, 0.5) is 18.9 Å². The zero-order valence-electron chi connectivity index (χ0n) is 19.6. The minimum Gasteiger partial charge on any atom is -0.340 e. The first-order valence-corrected chi connectivity index (χ1v) is 11.6. The van der Waals surface area contributed by atoms with Crippen LogP contribution in [0.25, 0.3) is 11.8 Å². The van der Waals surface area contributed by atoms with Crippen LogP contribution in [0.1, 0.15) is 16.7 Å². The van der Waals surface area contributed by atoms with Gasteiger partial charge in [0, 0.05) is 28.8 Å². The predicted octanol–water partition coefficient (Wildman–Crippen LogP) is 4.71. The fourth-order valence-electron chi connectivity index (χ4n) is 3.56. The van der Waals surface area contributed by atoms with Gasteiger partial charge in [-0.25, -0.2) is 0 Å². The fraction of sp³-hybridized carbons (Fsp3) is 0.115. The van der Waals surface area contributed by atoms with Gasteiger partial charge in [-0.1, -0.05) is 41.9 Å². The lowest BCUT2D eigenvalue weighted by molar-refractivity contribution is -0.137. The van der Waals surface area contributed by atoms with Crippen molar-refractivity contribution < 1.29 is 22.8 Å². The summed E-state index contributed by atoms with van der Waals surface area (Å²) in [5.74, 6) is -1.16. The van der Waals surface area contributed by atoms with Crippen LogP contribution in [0.3, 0.4) is 0 Å². The maximum atomic E-state index is 13.0. The number of hydrogen-bond acceptors (Lipinski definition) is 5. The second kappa shape index (κ2) is 11.7. The number of hydrogen-bond donors (Lipinski definition) is 2. The molecule has 2 N–H and O–H groups in total. The van der Waals surface area contributed by atoms with Gasteiger partial charge < -0.3 is 10.6 Å². The number of carbonyl (C=O) groups is 2. The zero-order chi connectivity index (χ0) is 27.1. The zero-order valence-corrected chi connectivity index (χ0v) is 20.3. The average molecular weight is 541 g/mol. The van der Waals surface area contributed by atoms with Gasteiger partial charge in [0.25, 0.3) is 0 Å². The SMILES string of the molecule is O=C(C=Cc1cc(Cl)ccc1-n1cnnn1)NC(Cc1ccccc1)C(=O)Nc1ccc(C(F)(F)F)cc1. The number of anilines is 1. The van der Waals surface area contributed by atoms with Crippen molar-refractivity contribution in [3.05, 3.63) is 107 Å². The summed E-state index contributed by atoms with van der Waals surface area (Å²) in [6, 6.07) is 17.0. The third kappa shape index (κ3) is 7.04. The molecule has 1 atom stereocenters. The molecular weight excluding hydrogens is 521 g/mol. The Labute approximate surface area is 220 Å². The van der Waals surface area contributed by atoms with Crippen molar-refractivity contribution in [2.45, 2.75) is 18.6 Å². The largest absolute Gasteiger partial charge is 0.416 e. The highest BCUT2D eigenvalue weighted by Crippen LogP contribution is 2.30. The van der Waals surface area contributed by atoms with Crippen molar-refractivity contribution in [1.29, 1.82) is 0 Å². The van der Waals surface area contributed by atoms with Crippen LogP contribution >= 0.6 is 11.6 Å². The summed E-state index contributed by atoms with van der Waals surface area (Å²) >= 11 is 6.11. The van der Waals surface area contributed by atoms with Crippen LogP contribution in [0.2, 0.25) is 5.02 Å². The van der Waals surface area contributed by atoms with Crippen LogP contribution in [-0.2, 0) is 22.2 Å². The second-order valence-corrected chi connectivity index (χ2v) is 8.54. The highest BCUT2D eigenvalue weighted by Gasteiger charge is 2.30. The Morgan fingerprint density at radius 2 is 1.76 bits per heavy atom. The minimum atomic E-state index is -4.49. The molecule has 1 unspecified atom stereocenters. The molecule has 0 saturated carbocycles. The molecule has 0 fully saturated rings. The number of nitrogens with one attached hydrogen (secondary N) is 2. The smallest absolute Gasteiger partial charge is 0.340 e. The van der Waals surface area contributed by atoms with E-state index >= 15 is 0 Å². The molecule has 0 aliphatic carbocycles. The lowest BCUT2D eigenvalue weighted by Gasteiger charge is -2.18. The van der Waals surface area contributed by atoms with E-state index in [1.54, 1.807) is 42.5 Å². The summed E-state index contributed by atoms with van der Waals surface area (Å²) in [6.07, 6.45) is -0.206. The molecular formula is C26H20ClF3N6O2. The standard InChI is InChI=1S/C26H20ClF3N6O2/c27-20-9-12-23(36-16-31-34-35-36)18(15-20)6-13-24(37)33-22(14-17-4-2-1-3-5-17)25(38)32-21-10-7-19(8-11-21)26(28,29)30/h1-13,15-16,22H,14H2,(H,32,38)(H,33,37). The van der Waals surface area contributed by atoms with Crippen molar-refractivity contribution in [1.82, 2.24) is 25.5 Å². The molecule has 194 valence electrons. The molecule has 0 aliphatic heterocycles. The third-order valence-electron chi connectivity index (χ3n) is 5.40. The maximum Gasteiger partial charge on any atom is 0.416 e. The van der Waals surface area contributed by atoms with E-state index in [2.05, 4.69) is 26.2 Å². The van der Waals surface area contributed by atoms with Gasteiger partial charge in [-0.15, -0.1) is 5.10 Å². The number of amides is 2. The number of tetrazole rings is 1. The first kappa shape index (κ1) is 26.6. The van der Waals surface area contributed by atoms with Crippen molar-refractivity contribution in [3.8, 4) is 5.69 Å². The van der Waals surface area contributed by atoms with Gasteiger partial charge in [0.1, 0.15) is 12.4 Å². The molecule has 0 radical (unpaired) electrons. The van der Waals surface area contributed by atoms with E-state index in [-0.39, 0.29) is 12.1 Å². The van der Waals surface area contributed by atoms with Gasteiger partial charge in [0.05, 0.1) is 11.3 Å². The molecule has 12 heteroatoms. The second-order valence-electron chi connectivity index (χ2n) is 8.11. The van der Waals surface area contributed by atoms with Crippen molar-refractivity contribution >= 4 is 35.2 Å². The molecule has 3 aromatic carbocycles. The Morgan fingerprint density at radius 3 is 2.42 bits per heavy atom. The normalized spacial score (nSPS) is 12.3. The van der Waals surface area contributed by atoms with Crippen LogP contribution in [0.5, 0.6) is 0 Å². The number of alkyl halides is 3. The summed E-state index contributed by atoms with van der Waals surface area (Å²) < 4.78 is 40.0. The number of carbonyl (C=O) groups excluding carboxylic acids is 2. The van der Waals surface area contributed by atoms with Crippen LogP contribution in [0.15, 0.2) is 85.2 Å². The molecule has 0 saturated heterocycles. The minimum absolute atomic E-state index is 0.153. The van der Waals surface area contributed by atoms with Crippen molar-refractivity contribution in [2.75, 3.05) is 5.32 Å². The summed E-state index contributed by atoms with van der Waals surface area (Å²) in [4.78, 5) is 25.9. The molecule has 38 heavy (non-hydrogen) atoms. The van der Waals surface area contributed by atoms with E-state index in [1.807, 2.05) is 6.07 Å². The topological polar surface area (TPSA) is 102 Å². The summed E-state index contributed by atoms with van der Waals surface area (Å²) in [5.41, 5.74) is 1.23. The number of nitrogens with zero attached hydrogens (tertiary/aromatic N) is 4. The molecule has 4 rings (SSSR count). The van der Waals surface area contributed by atoms with E-state index in [4.69, 9.17) is 11.6 Å². The molecule has 1 heterocycles. The van der Waals surface area contributed by atoms with Gasteiger partial charge in [0.15, 0.2) is 0 Å². The number of halogens is 4. The van der Waals surface area contributed by atoms with Crippen LogP contribution < -0.4 is 10.6 Å². The number of rotatable bonds is 8. The summed E-state index contributed by atoms with van der Waals surface area (Å²) in [7, 11) is 0. The average Bonchev–Trinajstić information content (AvgIpc) is 3.42. The third-order valence-corrected chi connectivity index (χ3v) is 5.63. The molecule has 4 aromatic rings. The number of aromatic nitrogens is 4. The monoisotopic (exact) mass is 540 g/mol. The Balaban J connectivity index is 1.51. The molecule has 8 nitrogen and oxygen atoms in total. The van der Waals surface area contributed by atoms with Gasteiger partial charge in [-0.05, 0) is 64.5 Å². The highest BCUT2D eigenvalue weighted by molar-refractivity contribution is 6.30.